The molecule has 3 aromatic carbocycles. The first kappa shape index (κ1) is 29.8. The molecule has 0 fully saturated rings. The van der Waals surface area contributed by atoms with E-state index in [9.17, 15) is 40.5 Å². The zero-order valence-corrected chi connectivity index (χ0v) is 22.1. The van der Waals surface area contributed by atoms with E-state index < -0.39 is 83.2 Å². The molecular formula is C22H8Cl5F6O3P. The van der Waals surface area contributed by atoms with Crippen molar-refractivity contribution < 1.29 is 40.5 Å². The van der Waals surface area contributed by atoms with Crippen LogP contribution in [0, 0.1) is 0 Å². The molecule has 0 aliphatic heterocycles. The smallest absolute Gasteiger partial charge is 0.302 e. The van der Waals surface area contributed by atoms with E-state index in [0.717, 1.165) is 24.3 Å². The maximum absolute atomic E-state index is 14.3. The first-order valence-corrected chi connectivity index (χ1v) is 13.1. The molecule has 0 saturated carbocycles. The Labute approximate surface area is 229 Å². The van der Waals surface area contributed by atoms with Gasteiger partial charge in [0.2, 0.25) is 18.2 Å². The van der Waals surface area contributed by atoms with Crippen LogP contribution in [-0.4, -0.2) is 11.0 Å². The van der Waals surface area contributed by atoms with Crippen LogP contribution < -0.4 is 5.30 Å². The molecule has 0 aliphatic rings. The Hall–Kier alpha value is -1.74. The molecule has 0 aromatic heterocycles. The van der Waals surface area contributed by atoms with Gasteiger partial charge in [0, 0.05) is 5.30 Å². The van der Waals surface area contributed by atoms with E-state index in [2.05, 4.69) is 0 Å². The molecule has 1 atom stereocenters. The Bertz CT molecular complexity index is 1410. The summed E-state index contributed by atoms with van der Waals surface area (Å²) in [6, 6.07) is 6.30. The predicted octanol–water partition coefficient (Wildman–Crippen LogP) is 9.66. The Kier molecular flexibility index (Phi) is 8.41. The molecule has 0 aliphatic carbocycles. The average Bonchev–Trinajstić information content (AvgIpc) is 2.84. The minimum atomic E-state index is -5.61. The third kappa shape index (κ3) is 5.27. The second-order valence-corrected chi connectivity index (χ2v) is 11.7. The fourth-order valence-corrected chi connectivity index (χ4v) is 7.11. The van der Waals surface area contributed by atoms with Gasteiger partial charge in [0.25, 0.3) is 0 Å². The molecule has 0 spiro atoms. The summed E-state index contributed by atoms with van der Waals surface area (Å²) in [4.78, 5) is 27.3. The summed E-state index contributed by atoms with van der Waals surface area (Å²) in [5.41, 5.74) is -11.1. The van der Waals surface area contributed by atoms with Crippen LogP contribution in [0.5, 0.6) is 0 Å². The number of benzene rings is 3. The van der Waals surface area contributed by atoms with Gasteiger partial charge in [0.15, 0.2) is 0 Å². The summed E-state index contributed by atoms with van der Waals surface area (Å²) < 4.78 is 97.0. The second kappa shape index (κ2) is 10.4. The van der Waals surface area contributed by atoms with Gasteiger partial charge in [-0.15, -0.1) is 0 Å². The van der Waals surface area contributed by atoms with Crippen molar-refractivity contribution in [3.63, 3.8) is 0 Å². The highest BCUT2D eigenvalue weighted by Gasteiger charge is 2.51. The standard InChI is InChI=1S/C22H8Cl5F6O3P/c23-14-13(15(24)17(26)18(27)16(14)25)20(35)37(36,9-5-2-1-3-6-9)19(34)12-10(21(28,29)30)7-4-8-11(12)22(31,32)33/h1-8H. The van der Waals surface area contributed by atoms with Crippen molar-refractivity contribution in [3.05, 3.63) is 95.9 Å². The Morgan fingerprint density at radius 3 is 1.35 bits per heavy atom. The van der Waals surface area contributed by atoms with Crippen LogP contribution >= 0.6 is 65.1 Å². The largest absolute Gasteiger partial charge is 0.417 e. The highest BCUT2D eigenvalue weighted by atomic mass is 35.5. The van der Waals surface area contributed by atoms with Crippen LogP contribution in [0.3, 0.4) is 0 Å². The Morgan fingerprint density at radius 2 is 0.946 bits per heavy atom. The zero-order chi connectivity index (χ0) is 28.1. The summed E-state index contributed by atoms with van der Waals surface area (Å²) >= 11 is 29.8. The van der Waals surface area contributed by atoms with Gasteiger partial charge >= 0.3 is 12.4 Å². The minimum Gasteiger partial charge on any atom is -0.302 e. The number of carbonyl (C=O) groups excluding carboxylic acids is 2. The van der Waals surface area contributed by atoms with Gasteiger partial charge in [-0.3, -0.25) is 9.59 Å². The number of halogens is 11. The van der Waals surface area contributed by atoms with Crippen LogP contribution in [0.1, 0.15) is 31.8 Å². The molecule has 0 radical (unpaired) electrons. The summed E-state index contributed by atoms with van der Waals surface area (Å²) in [7, 11) is -5.61. The fourth-order valence-electron chi connectivity index (χ4n) is 3.33. The van der Waals surface area contributed by atoms with Crippen LogP contribution in [-0.2, 0) is 16.9 Å². The topological polar surface area (TPSA) is 51.2 Å². The average molecular weight is 643 g/mol. The Balaban J connectivity index is 2.48. The van der Waals surface area contributed by atoms with E-state index in [1.165, 1.54) is 6.07 Å². The van der Waals surface area contributed by atoms with Gasteiger partial charge in [0.1, 0.15) is 0 Å². The number of hydrogen-bond donors (Lipinski definition) is 0. The van der Waals surface area contributed by atoms with Gasteiger partial charge in [-0.1, -0.05) is 94.4 Å². The Morgan fingerprint density at radius 1 is 0.568 bits per heavy atom. The van der Waals surface area contributed by atoms with Crippen molar-refractivity contribution >= 4 is 81.5 Å². The molecule has 15 heteroatoms. The van der Waals surface area contributed by atoms with E-state index in [4.69, 9.17) is 58.0 Å². The highest BCUT2D eigenvalue weighted by molar-refractivity contribution is 8.01. The number of carbonyl (C=O) groups is 2. The molecule has 0 amide bonds. The lowest BCUT2D eigenvalue weighted by molar-refractivity contribution is -0.143. The maximum Gasteiger partial charge on any atom is 0.417 e. The fraction of sp³-hybridized carbons (Fsp3) is 0.0909. The van der Waals surface area contributed by atoms with Crippen LogP contribution in [0.4, 0.5) is 26.3 Å². The third-order valence-corrected chi connectivity index (χ3v) is 9.90. The number of hydrogen-bond acceptors (Lipinski definition) is 3. The van der Waals surface area contributed by atoms with Crippen molar-refractivity contribution in [3.8, 4) is 0 Å². The van der Waals surface area contributed by atoms with Crippen molar-refractivity contribution in [2.24, 2.45) is 0 Å². The van der Waals surface area contributed by atoms with Crippen LogP contribution in [0.2, 0.25) is 25.1 Å². The normalized spacial score (nSPS) is 13.8. The van der Waals surface area contributed by atoms with E-state index in [1.807, 2.05) is 0 Å². The predicted molar refractivity (Wildman–Crippen MR) is 130 cm³/mol. The molecule has 0 heterocycles. The first-order valence-electron chi connectivity index (χ1n) is 9.50. The second-order valence-electron chi connectivity index (χ2n) is 7.22. The molecule has 196 valence electrons. The quantitative estimate of drug-likeness (QED) is 0.121. The van der Waals surface area contributed by atoms with Gasteiger partial charge in [-0.25, -0.2) is 0 Å². The molecule has 1 unspecified atom stereocenters. The molecule has 3 nitrogen and oxygen atoms in total. The monoisotopic (exact) mass is 640 g/mol. The lowest BCUT2D eigenvalue weighted by Gasteiger charge is -2.23. The van der Waals surface area contributed by atoms with Crippen molar-refractivity contribution in [2.75, 3.05) is 0 Å². The van der Waals surface area contributed by atoms with Gasteiger partial charge in [0.05, 0.1) is 47.4 Å². The van der Waals surface area contributed by atoms with E-state index >= 15 is 0 Å². The molecule has 3 aromatic rings. The summed E-state index contributed by atoms with van der Waals surface area (Å²) in [6.45, 7) is 0. The first-order chi connectivity index (χ1) is 17.0. The summed E-state index contributed by atoms with van der Waals surface area (Å²) in [5.74, 6) is 0. The van der Waals surface area contributed by atoms with Crippen molar-refractivity contribution in [2.45, 2.75) is 12.4 Å². The highest BCUT2D eigenvalue weighted by Crippen LogP contribution is 2.57. The van der Waals surface area contributed by atoms with Crippen LogP contribution in [0.15, 0.2) is 48.5 Å². The zero-order valence-electron chi connectivity index (χ0n) is 17.4. The van der Waals surface area contributed by atoms with Gasteiger partial charge in [-0.05, 0) is 12.1 Å². The maximum atomic E-state index is 14.3. The molecule has 0 N–H and O–H groups in total. The molecule has 3 rings (SSSR count). The van der Waals surface area contributed by atoms with Crippen molar-refractivity contribution in [1.29, 1.82) is 0 Å². The minimum absolute atomic E-state index is 0.193. The molecule has 0 saturated heterocycles. The number of alkyl halides is 6. The van der Waals surface area contributed by atoms with E-state index in [-0.39, 0.29) is 12.1 Å². The molecular weight excluding hydrogens is 634 g/mol. The summed E-state index contributed by atoms with van der Waals surface area (Å²) in [6.07, 6.45) is -11.0. The molecule has 37 heavy (non-hydrogen) atoms. The lowest BCUT2D eigenvalue weighted by Crippen LogP contribution is -2.26. The molecule has 0 bridgehead atoms. The number of rotatable bonds is 5. The SMILES string of the molecule is O=C(c1c(C(F)(F)F)cccc1C(F)(F)F)P(=O)(C(=O)c1c(Cl)c(Cl)c(Cl)c(Cl)c1Cl)c1ccccc1. The third-order valence-electron chi connectivity index (χ3n) is 5.00. The van der Waals surface area contributed by atoms with Crippen molar-refractivity contribution in [1.82, 2.24) is 0 Å². The van der Waals surface area contributed by atoms with Gasteiger partial charge in [-0.2, -0.15) is 26.3 Å². The van der Waals surface area contributed by atoms with E-state index in [0.29, 0.717) is 6.07 Å². The summed E-state index contributed by atoms with van der Waals surface area (Å²) in [5, 5.41) is -3.84. The lowest BCUT2D eigenvalue weighted by atomic mass is 10.0. The van der Waals surface area contributed by atoms with Gasteiger partial charge < -0.3 is 4.57 Å². The van der Waals surface area contributed by atoms with E-state index in [1.54, 1.807) is 0 Å². The van der Waals surface area contributed by atoms with Crippen LogP contribution in [0.25, 0.3) is 0 Å².